The molecule has 0 radical (unpaired) electrons. The minimum Gasteiger partial charge on any atom is -0.489 e. The molecule has 0 unspecified atom stereocenters. The van der Waals surface area contributed by atoms with Crippen molar-refractivity contribution in [2.24, 2.45) is 5.10 Å². The van der Waals surface area contributed by atoms with E-state index in [1.807, 2.05) is 23.6 Å². The maximum Gasteiger partial charge on any atom is 0.203 e. The van der Waals surface area contributed by atoms with E-state index >= 15 is 0 Å². The van der Waals surface area contributed by atoms with Crippen LogP contribution in [0, 0.1) is 5.82 Å². The van der Waals surface area contributed by atoms with Crippen molar-refractivity contribution in [1.82, 2.24) is 4.98 Å². The lowest BCUT2D eigenvalue weighted by atomic mass is 10.2. The van der Waals surface area contributed by atoms with Gasteiger partial charge in [0.2, 0.25) is 5.13 Å². The zero-order chi connectivity index (χ0) is 22.5. The van der Waals surface area contributed by atoms with Gasteiger partial charge in [-0.05, 0) is 60.2 Å². The predicted molar refractivity (Wildman–Crippen MR) is 131 cm³/mol. The zero-order valence-corrected chi connectivity index (χ0v) is 19.4. The number of thiazole rings is 1. The second-order valence-corrected chi connectivity index (χ2v) is 8.70. The predicted octanol–water partition coefficient (Wildman–Crippen LogP) is 7.93. The molecule has 0 saturated heterocycles. The van der Waals surface area contributed by atoms with Crippen LogP contribution in [-0.2, 0) is 6.61 Å². The largest absolute Gasteiger partial charge is 0.489 e. The molecule has 0 aliphatic carbocycles. The Morgan fingerprint density at radius 2 is 1.84 bits per heavy atom. The van der Waals surface area contributed by atoms with Crippen molar-refractivity contribution in [3.05, 3.63) is 98.1 Å². The molecule has 3 aromatic carbocycles. The Bertz CT molecular complexity index is 1240. The first-order valence-electron chi connectivity index (χ1n) is 9.35. The van der Waals surface area contributed by atoms with Crippen LogP contribution in [-0.4, -0.2) is 11.2 Å². The SMILES string of the molecule is Fc1cccc(Cl)c1COc1ccc(/C=N/Nc2nc(-c3ccc(Cl)cc3Cl)cs2)cc1. The fraction of sp³-hybridized carbons (Fsp3) is 0.0435. The molecule has 1 heterocycles. The van der Waals surface area contributed by atoms with E-state index in [2.05, 4.69) is 15.5 Å². The van der Waals surface area contributed by atoms with Crippen molar-refractivity contribution in [3.8, 4) is 17.0 Å². The molecule has 9 heteroatoms. The van der Waals surface area contributed by atoms with E-state index in [4.69, 9.17) is 39.5 Å². The lowest BCUT2D eigenvalue weighted by Gasteiger charge is -2.08. The molecule has 0 spiro atoms. The van der Waals surface area contributed by atoms with Crippen molar-refractivity contribution in [3.63, 3.8) is 0 Å². The van der Waals surface area contributed by atoms with E-state index in [0.29, 0.717) is 31.5 Å². The number of halogens is 4. The van der Waals surface area contributed by atoms with Gasteiger partial charge in [-0.15, -0.1) is 11.3 Å². The van der Waals surface area contributed by atoms with Gasteiger partial charge < -0.3 is 4.74 Å². The number of benzene rings is 3. The molecule has 0 bridgehead atoms. The fourth-order valence-corrected chi connectivity index (χ4v) is 4.17. The summed E-state index contributed by atoms with van der Waals surface area (Å²) in [5.74, 6) is 0.204. The zero-order valence-electron chi connectivity index (χ0n) is 16.4. The summed E-state index contributed by atoms with van der Waals surface area (Å²) >= 11 is 19.6. The van der Waals surface area contributed by atoms with E-state index in [9.17, 15) is 4.39 Å². The first-order chi connectivity index (χ1) is 15.5. The van der Waals surface area contributed by atoms with Crippen LogP contribution in [0.25, 0.3) is 11.3 Å². The summed E-state index contributed by atoms with van der Waals surface area (Å²) in [4.78, 5) is 4.49. The summed E-state index contributed by atoms with van der Waals surface area (Å²) in [7, 11) is 0. The van der Waals surface area contributed by atoms with Gasteiger partial charge in [-0.25, -0.2) is 9.37 Å². The van der Waals surface area contributed by atoms with E-state index in [-0.39, 0.29) is 6.61 Å². The van der Waals surface area contributed by atoms with Crippen molar-refractivity contribution in [1.29, 1.82) is 0 Å². The van der Waals surface area contributed by atoms with Crippen molar-refractivity contribution < 1.29 is 9.13 Å². The van der Waals surface area contributed by atoms with Crippen LogP contribution >= 0.6 is 46.1 Å². The third-order valence-electron chi connectivity index (χ3n) is 4.41. The van der Waals surface area contributed by atoms with Gasteiger partial charge in [-0.1, -0.05) is 40.9 Å². The van der Waals surface area contributed by atoms with Crippen LogP contribution in [0.4, 0.5) is 9.52 Å². The molecule has 0 amide bonds. The number of nitrogens with zero attached hydrogens (tertiary/aromatic N) is 2. The molecule has 1 N–H and O–H groups in total. The Morgan fingerprint density at radius 3 is 2.59 bits per heavy atom. The van der Waals surface area contributed by atoms with E-state index < -0.39 is 5.82 Å². The normalized spacial score (nSPS) is 11.1. The van der Waals surface area contributed by atoms with Crippen molar-refractivity contribution in [2.45, 2.75) is 6.61 Å². The Kier molecular flexibility index (Phi) is 7.27. The molecule has 162 valence electrons. The highest BCUT2D eigenvalue weighted by Crippen LogP contribution is 2.32. The van der Waals surface area contributed by atoms with Crippen LogP contribution in [0.2, 0.25) is 15.1 Å². The van der Waals surface area contributed by atoms with E-state index in [0.717, 1.165) is 16.8 Å². The number of hydrazone groups is 1. The molecule has 0 aliphatic heterocycles. The maximum absolute atomic E-state index is 13.8. The molecule has 0 saturated carbocycles. The van der Waals surface area contributed by atoms with E-state index in [1.54, 1.807) is 42.6 Å². The Balaban J connectivity index is 1.34. The number of aromatic nitrogens is 1. The average molecular weight is 507 g/mol. The first kappa shape index (κ1) is 22.6. The molecule has 4 rings (SSSR count). The molecule has 32 heavy (non-hydrogen) atoms. The number of hydrogen-bond acceptors (Lipinski definition) is 5. The molecule has 4 aromatic rings. The summed E-state index contributed by atoms with van der Waals surface area (Å²) < 4.78 is 19.5. The van der Waals surface area contributed by atoms with Gasteiger partial charge in [-0.3, -0.25) is 5.43 Å². The molecular weight excluding hydrogens is 492 g/mol. The molecule has 0 atom stereocenters. The van der Waals surface area contributed by atoms with E-state index in [1.165, 1.54) is 17.4 Å². The smallest absolute Gasteiger partial charge is 0.203 e. The molecular formula is C23H15Cl3FN3OS. The van der Waals surface area contributed by atoms with Crippen LogP contribution in [0.5, 0.6) is 5.75 Å². The molecule has 0 fully saturated rings. The van der Waals surface area contributed by atoms with Gasteiger partial charge in [0.05, 0.1) is 22.0 Å². The quantitative estimate of drug-likeness (QED) is 0.204. The van der Waals surface area contributed by atoms with Crippen LogP contribution in [0.1, 0.15) is 11.1 Å². The number of ether oxygens (including phenoxy) is 1. The molecule has 0 aliphatic rings. The van der Waals surface area contributed by atoms with Crippen LogP contribution < -0.4 is 10.2 Å². The summed E-state index contributed by atoms with van der Waals surface area (Å²) in [5.41, 5.74) is 5.63. The minimum atomic E-state index is -0.393. The lowest BCUT2D eigenvalue weighted by Crippen LogP contribution is -1.99. The highest BCUT2D eigenvalue weighted by molar-refractivity contribution is 7.14. The fourth-order valence-electron chi connectivity index (χ4n) is 2.78. The molecule has 1 aromatic heterocycles. The minimum absolute atomic E-state index is 0.0461. The van der Waals surface area contributed by atoms with Crippen LogP contribution in [0.15, 0.2) is 71.1 Å². The summed E-state index contributed by atoms with van der Waals surface area (Å²) in [5, 5.41) is 8.18. The number of hydrogen-bond donors (Lipinski definition) is 1. The molecule has 4 nitrogen and oxygen atoms in total. The average Bonchev–Trinajstić information content (AvgIpc) is 3.23. The van der Waals surface area contributed by atoms with Crippen molar-refractivity contribution in [2.75, 3.05) is 5.43 Å². The summed E-state index contributed by atoms with van der Waals surface area (Å²) in [6.45, 7) is 0.0461. The van der Waals surface area contributed by atoms with Gasteiger partial charge in [-0.2, -0.15) is 5.10 Å². The van der Waals surface area contributed by atoms with Gasteiger partial charge in [0.25, 0.3) is 0 Å². The van der Waals surface area contributed by atoms with Crippen molar-refractivity contribution >= 4 is 57.5 Å². The lowest BCUT2D eigenvalue weighted by molar-refractivity contribution is 0.300. The number of nitrogens with one attached hydrogen (secondary N) is 1. The second kappa shape index (κ2) is 10.3. The maximum atomic E-state index is 13.8. The van der Waals surface area contributed by atoms with Gasteiger partial charge in [0.1, 0.15) is 18.2 Å². The van der Waals surface area contributed by atoms with Gasteiger partial charge >= 0.3 is 0 Å². The third kappa shape index (κ3) is 5.58. The topological polar surface area (TPSA) is 46.5 Å². The third-order valence-corrected chi connectivity index (χ3v) is 6.06. The number of rotatable bonds is 7. The Labute approximate surface area is 203 Å². The van der Waals surface area contributed by atoms with Gasteiger partial charge in [0, 0.05) is 21.5 Å². The van der Waals surface area contributed by atoms with Crippen LogP contribution in [0.3, 0.4) is 0 Å². The number of anilines is 1. The summed E-state index contributed by atoms with van der Waals surface area (Å²) in [6, 6.07) is 17.1. The Hall–Kier alpha value is -2.64. The second-order valence-electron chi connectivity index (χ2n) is 6.59. The summed E-state index contributed by atoms with van der Waals surface area (Å²) in [6.07, 6.45) is 1.66. The first-order valence-corrected chi connectivity index (χ1v) is 11.4. The highest BCUT2D eigenvalue weighted by Gasteiger charge is 2.09. The van der Waals surface area contributed by atoms with Gasteiger partial charge in [0.15, 0.2) is 0 Å². The monoisotopic (exact) mass is 505 g/mol. The standard InChI is InChI=1S/C23H15Cl3FN3OS/c24-15-6-9-17(20(26)10-15)22-13-32-23(29-22)30-28-11-14-4-7-16(8-5-14)31-12-18-19(25)2-1-3-21(18)27/h1-11,13H,12H2,(H,29,30)/b28-11+. The Morgan fingerprint density at radius 1 is 1.03 bits per heavy atom. The highest BCUT2D eigenvalue weighted by atomic mass is 35.5.